The first-order valence-electron chi connectivity index (χ1n) is 7.47. The van der Waals surface area contributed by atoms with E-state index in [0.29, 0.717) is 18.0 Å². The van der Waals surface area contributed by atoms with Crippen molar-refractivity contribution in [1.29, 1.82) is 0 Å². The van der Waals surface area contributed by atoms with Crippen molar-refractivity contribution >= 4 is 0 Å². The van der Waals surface area contributed by atoms with Crippen LogP contribution in [0.5, 0.6) is 0 Å². The fourth-order valence-electron chi connectivity index (χ4n) is 3.02. The number of rotatable bonds is 4. The second kappa shape index (κ2) is 5.55. The Labute approximate surface area is 115 Å². The standard InChI is InChI=1S/C15H24N4/c1-11(2)13-9-19(10-15-16-6-3-7-17-15)14(8-18-13)12-4-5-12/h3,6-7,11-14,18H,4-5,8-10H2,1-2H3. The fourth-order valence-corrected chi connectivity index (χ4v) is 3.02. The molecule has 3 rings (SSSR count). The molecule has 1 aliphatic heterocycles. The lowest BCUT2D eigenvalue weighted by Crippen LogP contribution is -2.58. The van der Waals surface area contributed by atoms with Crippen LogP contribution in [0.3, 0.4) is 0 Å². The molecule has 2 unspecified atom stereocenters. The number of nitrogens with zero attached hydrogens (tertiary/aromatic N) is 3. The van der Waals surface area contributed by atoms with Gasteiger partial charge in [-0.3, -0.25) is 4.90 Å². The topological polar surface area (TPSA) is 41.1 Å². The van der Waals surface area contributed by atoms with Gasteiger partial charge in [0.25, 0.3) is 0 Å². The zero-order valence-electron chi connectivity index (χ0n) is 11.9. The quantitative estimate of drug-likeness (QED) is 0.894. The Morgan fingerprint density at radius 2 is 2.05 bits per heavy atom. The van der Waals surface area contributed by atoms with E-state index in [2.05, 4.69) is 34.0 Å². The SMILES string of the molecule is CC(C)C1CN(Cc2ncccn2)C(C2CC2)CN1. The molecular formula is C15H24N4. The highest BCUT2D eigenvalue weighted by atomic mass is 15.3. The predicted octanol–water partition coefficient (Wildman–Crippen LogP) is 1.69. The molecule has 4 heteroatoms. The lowest BCUT2D eigenvalue weighted by Gasteiger charge is -2.41. The van der Waals surface area contributed by atoms with E-state index in [0.717, 1.165) is 31.4 Å². The summed E-state index contributed by atoms with van der Waals surface area (Å²) >= 11 is 0. The molecule has 0 radical (unpaired) electrons. The molecule has 1 aliphatic carbocycles. The number of hydrogen-bond donors (Lipinski definition) is 1. The molecule has 0 bridgehead atoms. The lowest BCUT2D eigenvalue weighted by atomic mass is 9.97. The molecule has 1 saturated heterocycles. The van der Waals surface area contributed by atoms with Crippen LogP contribution in [-0.2, 0) is 6.54 Å². The van der Waals surface area contributed by atoms with Gasteiger partial charge in [0.15, 0.2) is 0 Å². The lowest BCUT2D eigenvalue weighted by molar-refractivity contribution is 0.0900. The zero-order valence-corrected chi connectivity index (χ0v) is 11.9. The van der Waals surface area contributed by atoms with Gasteiger partial charge in [0, 0.05) is 37.6 Å². The second-order valence-electron chi connectivity index (χ2n) is 6.26. The first kappa shape index (κ1) is 13.0. The first-order chi connectivity index (χ1) is 9.24. The summed E-state index contributed by atoms with van der Waals surface area (Å²) in [5, 5.41) is 3.72. The molecule has 0 spiro atoms. The summed E-state index contributed by atoms with van der Waals surface area (Å²) in [7, 11) is 0. The molecule has 1 saturated carbocycles. The number of aromatic nitrogens is 2. The summed E-state index contributed by atoms with van der Waals surface area (Å²) < 4.78 is 0. The van der Waals surface area contributed by atoms with Gasteiger partial charge in [-0.05, 0) is 30.7 Å². The monoisotopic (exact) mass is 260 g/mol. The minimum absolute atomic E-state index is 0.596. The summed E-state index contributed by atoms with van der Waals surface area (Å²) in [4.78, 5) is 11.4. The van der Waals surface area contributed by atoms with E-state index in [1.165, 1.54) is 12.8 Å². The van der Waals surface area contributed by atoms with Crippen molar-refractivity contribution < 1.29 is 0 Å². The van der Waals surface area contributed by atoms with Crippen LogP contribution in [0.4, 0.5) is 0 Å². The Bertz CT molecular complexity index is 402. The molecular weight excluding hydrogens is 236 g/mol. The van der Waals surface area contributed by atoms with Crippen molar-refractivity contribution in [2.24, 2.45) is 11.8 Å². The summed E-state index contributed by atoms with van der Waals surface area (Å²) in [5.41, 5.74) is 0. The van der Waals surface area contributed by atoms with Crippen LogP contribution in [0, 0.1) is 11.8 Å². The third-order valence-electron chi connectivity index (χ3n) is 4.42. The van der Waals surface area contributed by atoms with Crippen LogP contribution in [-0.4, -0.2) is 40.0 Å². The van der Waals surface area contributed by atoms with Crippen LogP contribution in [0.2, 0.25) is 0 Å². The molecule has 2 heterocycles. The maximum absolute atomic E-state index is 4.38. The summed E-state index contributed by atoms with van der Waals surface area (Å²) in [6.07, 6.45) is 6.48. The van der Waals surface area contributed by atoms with Gasteiger partial charge in [-0.15, -0.1) is 0 Å². The van der Waals surface area contributed by atoms with Crippen molar-refractivity contribution in [2.45, 2.75) is 45.3 Å². The molecule has 1 aromatic rings. The van der Waals surface area contributed by atoms with Crippen LogP contribution in [0.25, 0.3) is 0 Å². The molecule has 1 aromatic heterocycles. The Hall–Kier alpha value is -1.00. The smallest absolute Gasteiger partial charge is 0.142 e. The van der Waals surface area contributed by atoms with E-state index in [1.54, 1.807) is 0 Å². The van der Waals surface area contributed by atoms with Crippen molar-refractivity contribution in [3.8, 4) is 0 Å². The minimum atomic E-state index is 0.596. The Morgan fingerprint density at radius 3 is 2.68 bits per heavy atom. The van der Waals surface area contributed by atoms with Crippen molar-refractivity contribution in [1.82, 2.24) is 20.2 Å². The van der Waals surface area contributed by atoms with E-state index >= 15 is 0 Å². The number of nitrogens with one attached hydrogen (secondary N) is 1. The van der Waals surface area contributed by atoms with Gasteiger partial charge in [0.05, 0.1) is 6.54 Å². The maximum Gasteiger partial charge on any atom is 0.142 e. The van der Waals surface area contributed by atoms with Gasteiger partial charge in [-0.25, -0.2) is 9.97 Å². The predicted molar refractivity (Wildman–Crippen MR) is 75.6 cm³/mol. The van der Waals surface area contributed by atoms with Gasteiger partial charge in [0.2, 0.25) is 0 Å². The van der Waals surface area contributed by atoms with Crippen LogP contribution < -0.4 is 5.32 Å². The molecule has 19 heavy (non-hydrogen) atoms. The maximum atomic E-state index is 4.38. The van der Waals surface area contributed by atoms with E-state index < -0.39 is 0 Å². The fraction of sp³-hybridized carbons (Fsp3) is 0.733. The van der Waals surface area contributed by atoms with E-state index in [9.17, 15) is 0 Å². The molecule has 1 N–H and O–H groups in total. The van der Waals surface area contributed by atoms with Gasteiger partial charge in [-0.1, -0.05) is 13.8 Å². The molecule has 4 nitrogen and oxygen atoms in total. The molecule has 2 aliphatic rings. The largest absolute Gasteiger partial charge is 0.311 e. The number of hydrogen-bond acceptors (Lipinski definition) is 4. The van der Waals surface area contributed by atoms with E-state index in [1.807, 2.05) is 18.5 Å². The highest BCUT2D eigenvalue weighted by molar-refractivity contribution is 4.98. The molecule has 2 atom stereocenters. The van der Waals surface area contributed by atoms with Crippen molar-refractivity contribution in [2.75, 3.05) is 13.1 Å². The van der Waals surface area contributed by atoms with Crippen molar-refractivity contribution in [3.05, 3.63) is 24.3 Å². The zero-order chi connectivity index (χ0) is 13.2. The molecule has 0 aromatic carbocycles. The summed E-state index contributed by atoms with van der Waals surface area (Å²) in [6.45, 7) is 7.74. The third kappa shape index (κ3) is 3.12. The number of piperazine rings is 1. The van der Waals surface area contributed by atoms with E-state index in [4.69, 9.17) is 0 Å². The van der Waals surface area contributed by atoms with Crippen molar-refractivity contribution in [3.63, 3.8) is 0 Å². The summed E-state index contributed by atoms with van der Waals surface area (Å²) in [6, 6.07) is 3.16. The second-order valence-corrected chi connectivity index (χ2v) is 6.26. The van der Waals surface area contributed by atoms with Crippen LogP contribution in [0.15, 0.2) is 18.5 Å². The Kier molecular flexibility index (Phi) is 3.80. The Morgan fingerprint density at radius 1 is 1.32 bits per heavy atom. The van der Waals surface area contributed by atoms with Gasteiger partial charge in [0.1, 0.15) is 5.82 Å². The average Bonchev–Trinajstić information content (AvgIpc) is 3.24. The van der Waals surface area contributed by atoms with E-state index in [-0.39, 0.29) is 0 Å². The Balaban J connectivity index is 1.70. The first-order valence-corrected chi connectivity index (χ1v) is 7.47. The minimum Gasteiger partial charge on any atom is -0.311 e. The third-order valence-corrected chi connectivity index (χ3v) is 4.42. The molecule has 104 valence electrons. The van der Waals surface area contributed by atoms with Gasteiger partial charge in [-0.2, -0.15) is 0 Å². The average molecular weight is 260 g/mol. The van der Waals surface area contributed by atoms with Crippen LogP contribution >= 0.6 is 0 Å². The van der Waals surface area contributed by atoms with Crippen LogP contribution in [0.1, 0.15) is 32.5 Å². The molecule has 2 fully saturated rings. The summed E-state index contributed by atoms with van der Waals surface area (Å²) in [5.74, 6) is 2.53. The normalized spacial score (nSPS) is 28.8. The highest BCUT2D eigenvalue weighted by Crippen LogP contribution is 2.37. The molecule has 0 amide bonds. The van der Waals surface area contributed by atoms with Gasteiger partial charge < -0.3 is 5.32 Å². The highest BCUT2D eigenvalue weighted by Gasteiger charge is 2.39. The van der Waals surface area contributed by atoms with Gasteiger partial charge >= 0.3 is 0 Å².